The molecule has 0 spiro atoms. The van der Waals surface area contributed by atoms with Crippen LogP contribution in [0, 0.1) is 35.5 Å². The first-order valence-corrected chi connectivity index (χ1v) is 53.4. The van der Waals surface area contributed by atoms with Gasteiger partial charge in [-0.1, -0.05) is 70.6 Å². The minimum atomic E-state index is -3.55. The normalized spacial score (nSPS) is 35.4. The van der Waals surface area contributed by atoms with Gasteiger partial charge in [0.25, 0.3) is 0 Å². The molecule has 7 rings (SSSR count). The molecule has 0 aromatic heterocycles. The summed E-state index contributed by atoms with van der Waals surface area (Å²) in [5, 5.41) is 1.45. The van der Waals surface area contributed by atoms with Crippen LogP contribution in [-0.4, -0.2) is 108 Å². The van der Waals surface area contributed by atoms with Gasteiger partial charge in [0.2, 0.25) is 0 Å². The Balaban J connectivity index is 1.74. The lowest BCUT2D eigenvalue weighted by Gasteiger charge is -2.74. The van der Waals surface area contributed by atoms with Crippen LogP contribution in [0.3, 0.4) is 0 Å². The molecule has 7 aliphatic carbocycles. The number of fused-ring (bicyclic) bond motifs is 6. The maximum absolute atomic E-state index is 7.35. The van der Waals surface area contributed by atoms with Crippen molar-refractivity contribution in [2.75, 3.05) is 59.5 Å². The van der Waals surface area contributed by atoms with Crippen LogP contribution in [-0.2, 0) is 39.8 Å². The molecule has 0 amide bonds. The highest BCUT2D eigenvalue weighted by atomic mass is 33.8. The molecule has 7 fully saturated rings. The Morgan fingerprint density at radius 3 is 0.987 bits per heavy atom. The molecule has 0 aromatic carbocycles. The van der Waals surface area contributed by atoms with Gasteiger partial charge >= 0.3 is 23.9 Å². The lowest BCUT2D eigenvalue weighted by Crippen LogP contribution is -2.59. The third-order valence-corrected chi connectivity index (χ3v) is 84.8. The van der Waals surface area contributed by atoms with Crippen molar-refractivity contribution in [3.05, 3.63) is 0 Å². The van der Waals surface area contributed by atoms with E-state index >= 15 is 0 Å². The summed E-state index contributed by atoms with van der Waals surface area (Å²) in [5.41, 5.74) is 0. The zero-order chi connectivity index (χ0) is 53.8. The lowest BCUT2D eigenvalue weighted by atomic mass is 9.99. The van der Waals surface area contributed by atoms with Crippen LogP contribution in [0.25, 0.3) is 0 Å². The molecule has 0 N–H and O–H groups in total. The fourth-order valence-electron chi connectivity index (χ4n) is 15.2. The highest BCUT2D eigenvalue weighted by Gasteiger charge is 2.78. The molecule has 0 aromatic rings. The molecule has 13 unspecified atom stereocenters. The van der Waals surface area contributed by atoms with E-state index in [9.17, 15) is 0 Å². The fraction of sp³-hybridized carbons (Fsp3) is 1.00. The van der Waals surface area contributed by atoms with Crippen LogP contribution < -0.4 is 0 Å². The van der Waals surface area contributed by atoms with E-state index in [-0.39, 0.29) is 5.25 Å². The zero-order valence-corrected chi connectivity index (χ0v) is 60.4. The predicted molar refractivity (Wildman–Crippen MR) is 358 cm³/mol. The maximum atomic E-state index is 7.35. The number of thiol groups is 3. The fourth-order valence-corrected chi connectivity index (χ4v) is 107. The standard InChI is InChI=1S/C51H102O9S12Si3/c1-10-52-73(53-11-2,54-12-3)67-70(64-61,47-38-41-28-31-44(47)35-41)50-27-25-23-21-19-20-22-24-26-34-51(50,71(65-62,48-39-42-29-32-45(48)36-42)68-74(55-13-4,56-14-5)57-15-6)72(66-63,49-40-43-30-33-46(49)37-43)69-75(58-16-7,59-17-8)60-18-9/h41-50,61-63H,10-40H2,1-9H3. The van der Waals surface area contributed by atoms with E-state index < -0.39 is 52.2 Å². The van der Waals surface area contributed by atoms with Gasteiger partial charge in [0, 0.05) is 80.5 Å². The molecule has 0 saturated heterocycles. The van der Waals surface area contributed by atoms with Crippen molar-refractivity contribution in [3.8, 4) is 0 Å². The van der Waals surface area contributed by atoms with Gasteiger partial charge in [-0.2, -0.15) is 0 Å². The predicted octanol–water partition coefficient (Wildman–Crippen LogP) is 19.0. The Morgan fingerprint density at radius 2 is 0.693 bits per heavy atom. The molecular formula is C51H102O9S12Si3. The molecule has 24 heteroatoms. The molecule has 0 aliphatic heterocycles. The van der Waals surface area contributed by atoms with Crippen LogP contribution >= 0.6 is 119 Å². The summed E-state index contributed by atoms with van der Waals surface area (Å²) in [6.07, 6.45) is 27.5. The summed E-state index contributed by atoms with van der Waals surface area (Å²) in [6, 6.07) is 0. The molecular weight excluding hydrogens is 1230 g/mol. The minimum absolute atomic E-state index is 0.185. The Hall–Kier alpha value is 4.49. The van der Waals surface area contributed by atoms with E-state index in [4.69, 9.17) is 74.8 Å². The van der Waals surface area contributed by atoms with Gasteiger partial charge in [-0.25, -0.2) is 0 Å². The summed E-state index contributed by atoms with van der Waals surface area (Å²) < 4.78 is 65.5. The highest BCUT2D eigenvalue weighted by Crippen LogP contribution is 3.04. The van der Waals surface area contributed by atoms with E-state index in [2.05, 4.69) is 93.0 Å². The summed E-state index contributed by atoms with van der Waals surface area (Å²) >= 11 is 18.2. The van der Waals surface area contributed by atoms with Crippen molar-refractivity contribution in [3.63, 3.8) is 0 Å². The number of hydrogen-bond donors (Lipinski definition) is 3. The van der Waals surface area contributed by atoms with E-state index in [0.717, 1.165) is 25.2 Å². The van der Waals surface area contributed by atoms with Crippen LogP contribution in [0.15, 0.2) is 0 Å². The van der Waals surface area contributed by atoms with Gasteiger partial charge in [0.05, 0.1) is 4.08 Å². The molecule has 7 saturated carbocycles. The van der Waals surface area contributed by atoms with Crippen molar-refractivity contribution in [2.45, 2.75) is 229 Å². The smallest absolute Gasteiger partial charge is 0.365 e. The van der Waals surface area contributed by atoms with Crippen LogP contribution in [0.1, 0.15) is 204 Å². The van der Waals surface area contributed by atoms with Gasteiger partial charge in [-0.05, 0) is 229 Å². The largest absolute Gasteiger partial charge is 0.583 e. The third kappa shape index (κ3) is 14.1. The van der Waals surface area contributed by atoms with E-state index in [1.54, 1.807) is 0 Å². The summed E-state index contributed by atoms with van der Waals surface area (Å²) in [6.45, 7) is 24.2. The van der Waals surface area contributed by atoms with Crippen molar-refractivity contribution in [1.82, 2.24) is 0 Å². The molecule has 13 atom stereocenters. The lowest BCUT2D eigenvalue weighted by molar-refractivity contribution is 0.0963. The van der Waals surface area contributed by atoms with Gasteiger partial charge < -0.3 is 39.8 Å². The Morgan fingerprint density at radius 1 is 0.373 bits per heavy atom. The summed E-state index contributed by atoms with van der Waals surface area (Å²) in [4.78, 5) is 0. The first kappa shape index (κ1) is 67.0. The average molecular weight is 1330 g/mol. The van der Waals surface area contributed by atoms with Crippen molar-refractivity contribution in [1.29, 1.82) is 0 Å². The molecule has 75 heavy (non-hydrogen) atoms. The van der Waals surface area contributed by atoms with Crippen LogP contribution in [0.2, 0.25) is 0 Å². The molecule has 7 aliphatic rings. The third-order valence-electron chi connectivity index (χ3n) is 17.7. The maximum Gasteiger partial charge on any atom is 0.583 e. The van der Waals surface area contributed by atoms with E-state index in [0.29, 0.717) is 105 Å². The van der Waals surface area contributed by atoms with Crippen LogP contribution in [0.4, 0.5) is 0 Å². The van der Waals surface area contributed by atoms with Crippen molar-refractivity contribution in [2.24, 2.45) is 35.5 Å². The Bertz CT molecular complexity index is 1600. The molecule has 6 bridgehead atoms. The molecule has 444 valence electrons. The summed E-state index contributed by atoms with van der Waals surface area (Å²) in [5.74, 6) is 3.92. The first-order chi connectivity index (χ1) is 36.4. The monoisotopic (exact) mass is 1330 g/mol. The van der Waals surface area contributed by atoms with Gasteiger partial charge in [-0.3, -0.25) is 0 Å². The average Bonchev–Trinajstić information content (AvgIpc) is 4.38. The number of hydrogen-bond acceptors (Lipinski definition) is 18. The zero-order valence-electron chi connectivity index (χ0n) is 47.4. The minimum Gasteiger partial charge on any atom is -0.365 e. The van der Waals surface area contributed by atoms with E-state index in [1.807, 2.05) is 29.5 Å². The van der Waals surface area contributed by atoms with Crippen molar-refractivity contribution >= 4 is 143 Å². The van der Waals surface area contributed by atoms with Gasteiger partial charge in [0.15, 0.2) is 0 Å². The van der Waals surface area contributed by atoms with E-state index in [1.165, 1.54) is 122 Å². The Kier molecular flexibility index (Phi) is 28.1. The highest BCUT2D eigenvalue weighted by molar-refractivity contribution is 9.47. The van der Waals surface area contributed by atoms with Crippen LogP contribution in [0.5, 0.6) is 0 Å². The molecule has 9 nitrogen and oxygen atoms in total. The molecule has 0 radical (unpaired) electrons. The van der Waals surface area contributed by atoms with Gasteiger partial charge in [0.1, 0.15) is 0 Å². The second-order valence-electron chi connectivity index (χ2n) is 21.9. The topological polar surface area (TPSA) is 83.1 Å². The number of rotatable bonds is 33. The van der Waals surface area contributed by atoms with Gasteiger partial charge in [-0.15, -0.1) is 59.3 Å². The molecule has 0 heterocycles. The van der Waals surface area contributed by atoms with Crippen molar-refractivity contribution < 1.29 is 39.8 Å². The quantitative estimate of drug-likeness (QED) is 0.0331. The second-order valence-corrected chi connectivity index (χ2v) is 63.2. The SMILES string of the molecule is CCO[Si](OCC)(OCC)SS(SS)(C1CC2CCC1C2)C1CCCCCCCCCCC1(S(SS)(S[Si](OCC)(OCC)OCC)C1CC2CCC1C2)S(SS)(S[Si](OCC)(OCC)OCC)C1CC2CCC1C2. The second kappa shape index (κ2) is 31.4. The first-order valence-electron chi connectivity index (χ1n) is 29.7. The Labute approximate surface area is 501 Å². The summed E-state index contributed by atoms with van der Waals surface area (Å²) in [7, 11) is -4.57.